The number of anilines is 2. The monoisotopic (exact) mass is 1480 g/mol. The average molecular weight is 1480 g/mol. The van der Waals surface area contributed by atoms with Gasteiger partial charge >= 0.3 is 24.0 Å². The number of carbonyl (C=O) groups excluding carboxylic acids is 4. The number of esters is 2. The number of aromatic nitrogens is 4. The van der Waals surface area contributed by atoms with E-state index in [0.717, 1.165) is 89.3 Å². The summed E-state index contributed by atoms with van der Waals surface area (Å²) >= 11 is 0. The molecule has 0 aliphatic heterocycles. The average Bonchev–Trinajstić information content (AvgIpc) is 0.755. The van der Waals surface area contributed by atoms with Gasteiger partial charge in [0.05, 0.1) is 114 Å². The largest absolute Gasteiger partial charge is 0.491 e. The third-order valence-electron chi connectivity index (χ3n) is 18.2. The molecule has 1 aliphatic carbocycles. The number of hydrogen-bond donors (Lipinski definition) is 4. The molecule has 22 nitrogen and oxygen atoms in total. The van der Waals surface area contributed by atoms with Crippen LogP contribution < -0.4 is 40.2 Å². The fraction of sp³-hybridized carbons (Fsp3) is 0.442. The number of ether oxygens (including phenoxy) is 10. The predicted octanol–water partition coefficient (Wildman–Crippen LogP) is 14.7. The number of nitrogens with one attached hydrogen (secondary N) is 4. The Balaban J connectivity index is 0.986. The van der Waals surface area contributed by atoms with Crippen LogP contribution in [0.2, 0.25) is 0 Å². The Morgan fingerprint density at radius 3 is 0.852 bits per heavy atom. The zero-order valence-electron chi connectivity index (χ0n) is 65.8. The Bertz CT molecular complexity index is 3970. The molecular formula is C86H108N8O14. The van der Waals surface area contributed by atoms with E-state index in [1.165, 1.54) is 14.2 Å². The van der Waals surface area contributed by atoms with Crippen molar-refractivity contribution in [1.82, 2.24) is 30.6 Å². The van der Waals surface area contributed by atoms with Crippen molar-refractivity contribution in [2.45, 2.75) is 144 Å². The number of aryl methyl sites for hydroxylation is 2. The van der Waals surface area contributed by atoms with Gasteiger partial charge in [0.1, 0.15) is 36.2 Å². The van der Waals surface area contributed by atoms with Crippen molar-refractivity contribution in [3.63, 3.8) is 0 Å². The minimum Gasteiger partial charge on any atom is -0.491 e. The summed E-state index contributed by atoms with van der Waals surface area (Å²) in [6, 6.07) is 31.8. The van der Waals surface area contributed by atoms with Gasteiger partial charge in [-0.1, -0.05) is 144 Å². The Labute approximate surface area is 636 Å². The van der Waals surface area contributed by atoms with Gasteiger partial charge in [-0.3, -0.25) is 19.9 Å². The Kier molecular flexibility index (Phi) is 28.6. The zero-order valence-corrected chi connectivity index (χ0v) is 65.8. The maximum absolute atomic E-state index is 13.3. The van der Waals surface area contributed by atoms with Crippen LogP contribution in [-0.2, 0) is 85.4 Å². The molecule has 0 unspecified atom stereocenters. The topological polar surface area (TPSA) is 260 Å². The summed E-state index contributed by atoms with van der Waals surface area (Å²) in [5.74, 6) is 1.30. The Morgan fingerprint density at radius 2 is 0.602 bits per heavy atom. The number of nitrogens with zero attached hydrogens (tertiary/aromatic N) is 4. The van der Waals surface area contributed by atoms with E-state index in [0.29, 0.717) is 71.4 Å². The first-order chi connectivity index (χ1) is 51.4. The number of urea groups is 2. The fourth-order valence-electron chi connectivity index (χ4n) is 12.1. The van der Waals surface area contributed by atoms with Gasteiger partial charge in [0, 0.05) is 51.2 Å². The number of pyridine rings is 4. The molecule has 4 aromatic carbocycles. The van der Waals surface area contributed by atoms with Crippen LogP contribution >= 0.6 is 0 Å². The summed E-state index contributed by atoms with van der Waals surface area (Å²) in [5.41, 5.74) is 15.7. The van der Waals surface area contributed by atoms with Gasteiger partial charge in [-0.25, -0.2) is 19.2 Å². The second kappa shape index (κ2) is 37.7. The quantitative estimate of drug-likeness (QED) is 0.0241. The highest BCUT2D eigenvalue weighted by Gasteiger charge is 2.31. The number of hydrogen-bond acceptors (Lipinski definition) is 18. The van der Waals surface area contributed by atoms with Crippen molar-refractivity contribution >= 4 is 35.4 Å². The molecule has 22 heteroatoms. The van der Waals surface area contributed by atoms with E-state index in [1.807, 2.05) is 50.2 Å². The molecule has 0 atom stereocenters. The lowest BCUT2D eigenvalue weighted by molar-refractivity contribution is -0.143. The first kappa shape index (κ1) is 82.1. The van der Waals surface area contributed by atoms with E-state index in [4.69, 9.17) is 47.4 Å². The van der Waals surface area contributed by atoms with Crippen LogP contribution in [0.5, 0.6) is 23.0 Å². The third-order valence-corrected chi connectivity index (χ3v) is 18.2. The van der Waals surface area contributed by atoms with Crippen LogP contribution in [0.3, 0.4) is 0 Å². The number of fused-ring (bicyclic) bond motifs is 8. The fourth-order valence-corrected chi connectivity index (χ4v) is 12.1. The van der Waals surface area contributed by atoms with Crippen molar-refractivity contribution in [3.8, 4) is 45.8 Å². The van der Waals surface area contributed by atoms with Crippen molar-refractivity contribution in [2.75, 3.05) is 117 Å². The van der Waals surface area contributed by atoms with E-state index in [1.54, 1.807) is 36.9 Å². The van der Waals surface area contributed by atoms with Gasteiger partial charge in [0.2, 0.25) is 0 Å². The summed E-state index contributed by atoms with van der Waals surface area (Å²) in [7, 11) is 2.70. The van der Waals surface area contributed by atoms with Crippen molar-refractivity contribution < 1.29 is 66.5 Å². The van der Waals surface area contributed by atoms with Crippen LogP contribution in [0.15, 0.2) is 122 Å². The molecule has 1 aliphatic rings. The standard InChI is InChI=1S/C86H108N8O14/c1-55-17-21-71(89-49-55)73-23-19-69(51-91-73)93-81(97)87-25-27-101-29-31-103-33-35-105-77-57-37-61-45-67(85(9,10)11)47-63(79(61)107-53-75(95)99-15)39-59-43-66(84(6,7)8)44-60(40-64-48-68(86(12,13)14)46-62(80(64)108-54-76(96)100-16)38-58(77)42-65(41-57)83(3,4)5)78(59)106-36-34-104-32-30-102-28-26-88-82(98)94-70-20-24-74(92-52-70)72-22-18-56(2)50-90-72/h17-24,41-52H,25-40,53-54H2,1-16H3,(H2,87,93,97)(H2,88,94,98). The SMILES string of the molecule is COC(=O)COc1c2cc(C(C)(C)C)cc1Cc1cc(C(C)(C)C)cc(c1OCCOCCOCCNC(=O)Nc1ccc(-c3ccc(C)cn3)nc1)Cc1cc(C(C)(C)C)cc(c1OCC(=O)OC)Cc1cc(C(C)(C)C)cc(c1OCCOCCOCCNC(=O)Nc1ccc(-c3ccc(C)cn3)nc1)C2. The molecule has 0 spiro atoms. The first-order valence-corrected chi connectivity index (χ1v) is 36.9. The van der Waals surface area contributed by atoms with E-state index in [9.17, 15) is 19.2 Å². The van der Waals surface area contributed by atoms with Gasteiger partial charge in [0.25, 0.3) is 0 Å². The van der Waals surface area contributed by atoms with Gasteiger partial charge in [-0.15, -0.1) is 0 Å². The molecule has 0 saturated carbocycles. The van der Waals surface area contributed by atoms with Gasteiger partial charge in [0.15, 0.2) is 13.2 Å². The third kappa shape index (κ3) is 24.0. The lowest BCUT2D eigenvalue weighted by Gasteiger charge is -2.29. The van der Waals surface area contributed by atoms with Crippen LogP contribution in [0, 0.1) is 13.8 Å². The summed E-state index contributed by atoms with van der Waals surface area (Å²) in [6.45, 7) is 32.4. The maximum Gasteiger partial charge on any atom is 0.343 e. The van der Waals surface area contributed by atoms with Crippen molar-refractivity contribution in [1.29, 1.82) is 0 Å². The van der Waals surface area contributed by atoms with E-state index in [2.05, 4.69) is 173 Å². The molecule has 4 amide bonds. The lowest BCUT2D eigenvalue weighted by Crippen LogP contribution is -2.31. The second-order valence-corrected chi connectivity index (χ2v) is 31.1. The highest BCUT2D eigenvalue weighted by atomic mass is 16.6. The van der Waals surface area contributed by atoms with Gasteiger partial charge in [-0.2, -0.15) is 0 Å². The van der Waals surface area contributed by atoms with Crippen LogP contribution in [0.1, 0.15) is 161 Å². The first-order valence-electron chi connectivity index (χ1n) is 36.9. The maximum atomic E-state index is 13.3. The van der Waals surface area contributed by atoms with Crippen LogP contribution in [0.4, 0.5) is 21.0 Å². The summed E-state index contributed by atoms with van der Waals surface area (Å²) in [5, 5.41) is 11.3. The number of amides is 4. The van der Waals surface area contributed by atoms with E-state index < -0.39 is 11.9 Å². The number of benzene rings is 4. The molecule has 9 rings (SSSR count). The Morgan fingerprint density at radius 1 is 0.343 bits per heavy atom. The molecule has 0 saturated heterocycles. The lowest BCUT2D eigenvalue weighted by atomic mass is 9.79. The molecule has 8 aromatic rings. The number of methoxy groups -OCH3 is 2. The second-order valence-electron chi connectivity index (χ2n) is 31.1. The molecular weight excluding hydrogens is 1370 g/mol. The molecule has 0 radical (unpaired) electrons. The minimum atomic E-state index is -0.535. The van der Waals surface area contributed by atoms with Gasteiger partial charge < -0.3 is 68.6 Å². The van der Waals surface area contributed by atoms with Crippen molar-refractivity contribution in [3.05, 3.63) is 200 Å². The minimum absolute atomic E-state index is 0.168. The zero-order chi connectivity index (χ0) is 77.8. The summed E-state index contributed by atoms with van der Waals surface area (Å²) in [6.07, 6.45) is 8.04. The van der Waals surface area contributed by atoms with E-state index in [-0.39, 0.29) is 126 Å². The van der Waals surface area contributed by atoms with Gasteiger partial charge in [-0.05, 0) is 150 Å². The highest BCUT2D eigenvalue weighted by molar-refractivity contribution is 5.90. The highest BCUT2D eigenvalue weighted by Crippen LogP contribution is 2.45. The molecule has 4 aromatic heterocycles. The normalized spacial score (nSPS) is 12.4. The Hall–Kier alpha value is -10.0. The molecule has 0 fully saturated rings. The smallest absolute Gasteiger partial charge is 0.343 e. The predicted molar refractivity (Wildman–Crippen MR) is 420 cm³/mol. The molecule has 4 heterocycles. The van der Waals surface area contributed by atoms with Crippen LogP contribution in [-0.4, -0.2) is 151 Å². The summed E-state index contributed by atoms with van der Waals surface area (Å²) in [4.78, 5) is 70.0. The molecule has 8 bridgehead atoms. The number of carbonyl (C=O) groups is 4. The van der Waals surface area contributed by atoms with Crippen molar-refractivity contribution in [2.24, 2.45) is 0 Å². The van der Waals surface area contributed by atoms with Crippen LogP contribution in [0.25, 0.3) is 22.8 Å². The summed E-state index contributed by atoms with van der Waals surface area (Å²) < 4.78 is 62.4. The number of rotatable bonds is 30. The van der Waals surface area contributed by atoms with E-state index >= 15 is 0 Å². The molecule has 108 heavy (non-hydrogen) atoms. The molecule has 576 valence electrons. The molecule has 4 N–H and O–H groups in total.